The Bertz CT molecular complexity index is 386. The molecule has 0 aliphatic carbocycles. The van der Waals surface area contributed by atoms with Crippen LogP contribution in [0.4, 0.5) is 0 Å². The standard InChI is InChI=1S/C16H32N4O2.HI/c1-13(2)12-19-7-9-20(10-8-19)15(17-6)18-11-14(21)22-16(3,4)5;/h13H,7-12H2,1-6H3,(H,17,18);1H. The molecule has 0 aromatic heterocycles. The van der Waals surface area contributed by atoms with E-state index in [1.54, 1.807) is 7.05 Å². The lowest BCUT2D eigenvalue weighted by molar-refractivity contribution is -0.153. The van der Waals surface area contributed by atoms with Gasteiger partial charge < -0.3 is 15.0 Å². The topological polar surface area (TPSA) is 57.2 Å². The fourth-order valence-corrected chi connectivity index (χ4v) is 2.52. The molecule has 1 aliphatic rings. The van der Waals surface area contributed by atoms with E-state index in [1.165, 1.54) is 0 Å². The van der Waals surface area contributed by atoms with Crippen LogP contribution in [0.3, 0.4) is 0 Å². The van der Waals surface area contributed by atoms with E-state index in [0.717, 1.165) is 38.7 Å². The Labute approximate surface area is 158 Å². The quantitative estimate of drug-likeness (QED) is 0.313. The number of hydrogen-bond donors (Lipinski definition) is 1. The molecule has 0 amide bonds. The van der Waals surface area contributed by atoms with Crippen LogP contribution in [0, 0.1) is 5.92 Å². The summed E-state index contributed by atoms with van der Waals surface area (Å²) in [6.45, 7) is 15.3. The van der Waals surface area contributed by atoms with Gasteiger partial charge in [-0.25, -0.2) is 0 Å². The van der Waals surface area contributed by atoms with Crippen molar-refractivity contribution in [3.63, 3.8) is 0 Å². The summed E-state index contributed by atoms with van der Waals surface area (Å²) in [6.07, 6.45) is 0. The zero-order valence-electron chi connectivity index (χ0n) is 15.4. The summed E-state index contributed by atoms with van der Waals surface area (Å²) < 4.78 is 5.30. The smallest absolute Gasteiger partial charge is 0.325 e. The largest absolute Gasteiger partial charge is 0.459 e. The van der Waals surface area contributed by atoms with Crippen LogP contribution < -0.4 is 5.32 Å². The van der Waals surface area contributed by atoms with Crippen molar-refractivity contribution in [2.45, 2.75) is 40.2 Å². The average molecular weight is 440 g/mol. The number of carbonyl (C=O) groups excluding carboxylic acids is 1. The Hall–Kier alpha value is -0.570. The Morgan fingerprint density at radius 2 is 1.78 bits per heavy atom. The number of nitrogens with one attached hydrogen (secondary N) is 1. The van der Waals surface area contributed by atoms with Gasteiger partial charge in [0.1, 0.15) is 12.1 Å². The highest BCUT2D eigenvalue weighted by atomic mass is 127. The Balaban J connectivity index is 0.00000484. The first-order valence-electron chi connectivity index (χ1n) is 8.11. The molecule has 0 aromatic rings. The molecular formula is C16H33IN4O2. The molecule has 6 nitrogen and oxygen atoms in total. The van der Waals surface area contributed by atoms with Gasteiger partial charge in [0.2, 0.25) is 0 Å². The van der Waals surface area contributed by atoms with Crippen molar-refractivity contribution in [3.8, 4) is 0 Å². The molecule has 0 atom stereocenters. The summed E-state index contributed by atoms with van der Waals surface area (Å²) in [5, 5.41) is 3.10. The molecule has 0 spiro atoms. The second-order valence-electron chi connectivity index (χ2n) is 7.17. The van der Waals surface area contributed by atoms with Crippen LogP contribution >= 0.6 is 24.0 Å². The van der Waals surface area contributed by atoms with E-state index in [9.17, 15) is 4.79 Å². The lowest BCUT2D eigenvalue weighted by atomic mass is 10.2. The zero-order chi connectivity index (χ0) is 16.8. The predicted molar refractivity (Wildman–Crippen MR) is 105 cm³/mol. The van der Waals surface area contributed by atoms with Crippen molar-refractivity contribution in [1.82, 2.24) is 15.1 Å². The van der Waals surface area contributed by atoms with Crippen molar-refractivity contribution in [2.24, 2.45) is 10.9 Å². The van der Waals surface area contributed by atoms with Gasteiger partial charge in [-0.15, -0.1) is 24.0 Å². The van der Waals surface area contributed by atoms with E-state index >= 15 is 0 Å². The lowest BCUT2D eigenvalue weighted by Crippen LogP contribution is -2.53. The maximum atomic E-state index is 11.8. The highest BCUT2D eigenvalue weighted by Crippen LogP contribution is 2.07. The lowest BCUT2D eigenvalue weighted by Gasteiger charge is -2.37. The summed E-state index contributed by atoms with van der Waals surface area (Å²) >= 11 is 0. The van der Waals surface area contributed by atoms with Crippen LogP contribution in [0.25, 0.3) is 0 Å². The van der Waals surface area contributed by atoms with Gasteiger partial charge in [0.05, 0.1) is 0 Å². The second kappa shape index (κ2) is 10.3. The number of aliphatic imine (C=N–C) groups is 1. The minimum Gasteiger partial charge on any atom is -0.459 e. The number of rotatable bonds is 4. The minimum absolute atomic E-state index is 0. The first-order valence-corrected chi connectivity index (χ1v) is 8.11. The second-order valence-corrected chi connectivity index (χ2v) is 7.17. The summed E-state index contributed by atoms with van der Waals surface area (Å²) in [7, 11) is 1.75. The van der Waals surface area contributed by atoms with Crippen molar-refractivity contribution in [1.29, 1.82) is 0 Å². The number of nitrogens with zero attached hydrogens (tertiary/aromatic N) is 3. The summed E-state index contributed by atoms with van der Waals surface area (Å²) in [4.78, 5) is 20.7. The van der Waals surface area contributed by atoms with Gasteiger partial charge in [-0.2, -0.15) is 0 Å². The number of carbonyl (C=O) groups is 1. The van der Waals surface area contributed by atoms with Gasteiger partial charge in [-0.1, -0.05) is 13.8 Å². The maximum absolute atomic E-state index is 11.8. The maximum Gasteiger partial charge on any atom is 0.325 e. The molecule has 0 aromatic carbocycles. The number of hydrogen-bond acceptors (Lipinski definition) is 4. The summed E-state index contributed by atoms with van der Waals surface area (Å²) in [6, 6.07) is 0. The fraction of sp³-hybridized carbons (Fsp3) is 0.875. The molecule has 1 N–H and O–H groups in total. The van der Waals surface area contributed by atoms with E-state index < -0.39 is 5.60 Å². The highest BCUT2D eigenvalue weighted by molar-refractivity contribution is 14.0. The molecule has 0 unspecified atom stereocenters. The fourth-order valence-electron chi connectivity index (χ4n) is 2.52. The molecule has 1 aliphatic heterocycles. The highest BCUT2D eigenvalue weighted by Gasteiger charge is 2.21. The molecule has 136 valence electrons. The number of piperazine rings is 1. The van der Waals surface area contributed by atoms with E-state index in [4.69, 9.17) is 4.74 Å². The molecular weight excluding hydrogens is 407 g/mol. The minimum atomic E-state index is -0.454. The Kier molecular flexibility index (Phi) is 10.1. The third-order valence-electron chi connectivity index (χ3n) is 3.32. The predicted octanol–water partition coefficient (Wildman–Crippen LogP) is 1.80. The van der Waals surface area contributed by atoms with Crippen molar-refractivity contribution in [2.75, 3.05) is 46.3 Å². The first kappa shape index (κ1) is 22.4. The van der Waals surface area contributed by atoms with Crippen molar-refractivity contribution < 1.29 is 9.53 Å². The van der Waals surface area contributed by atoms with Crippen LogP contribution in [0.15, 0.2) is 4.99 Å². The third-order valence-corrected chi connectivity index (χ3v) is 3.32. The SMILES string of the molecule is CN=C(NCC(=O)OC(C)(C)C)N1CCN(CC(C)C)CC1.I. The number of halogens is 1. The zero-order valence-corrected chi connectivity index (χ0v) is 17.7. The summed E-state index contributed by atoms with van der Waals surface area (Å²) in [5.41, 5.74) is -0.454. The number of ether oxygens (including phenoxy) is 1. The van der Waals surface area contributed by atoms with Gasteiger partial charge in [-0.3, -0.25) is 14.7 Å². The van der Waals surface area contributed by atoms with Crippen LogP contribution in [0.2, 0.25) is 0 Å². The normalized spacial score (nSPS) is 17.0. The molecule has 0 bridgehead atoms. The number of guanidine groups is 1. The molecule has 1 rings (SSSR count). The van der Waals surface area contributed by atoms with E-state index in [2.05, 4.69) is 34.0 Å². The molecule has 0 radical (unpaired) electrons. The van der Waals surface area contributed by atoms with Crippen LogP contribution in [0.5, 0.6) is 0 Å². The first-order chi connectivity index (χ1) is 10.2. The van der Waals surface area contributed by atoms with Crippen LogP contribution in [0.1, 0.15) is 34.6 Å². The van der Waals surface area contributed by atoms with E-state index in [1.807, 2.05) is 20.8 Å². The monoisotopic (exact) mass is 440 g/mol. The van der Waals surface area contributed by atoms with Gasteiger partial charge in [-0.05, 0) is 26.7 Å². The molecule has 1 heterocycles. The van der Waals surface area contributed by atoms with Crippen molar-refractivity contribution in [3.05, 3.63) is 0 Å². The Morgan fingerprint density at radius 1 is 1.22 bits per heavy atom. The molecule has 1 fully saturated rings. The van der Waals surface area contributed by atoms with Gasteiger partial charge in [0, 0.05) is 39.8 Å². The van der Waals surface area contributed by atoms with Crippen molar-refractivity contribution >= 4 is 35.9 Å². The van der Waals surface area contributed by atoms with Gasteiger partial charge in [0.15, 0.2) is 5.96 Å². The van der Waals surface area contributed by atoms with Gasteiger partial charge in [0.25, 0.3) is 0 Å². The van der Waals surface area contributed by atoms with Gasteiger partial charge >= 0.3 is 5.97 Å². The molecule has 0 saturated carbocycles. The Morgan fingerprint density at radius 3 is 2.22 bits per heavy atom. The molecule has 23 heavy (non-hydrogen) atoms. The third kappa shape index (κ3) is 9.34. The van der Waals surface area contributed by atoms with E-state index in [0.29, 0.717) is 5.92 Å². The van der Waals surface area contributed by atoms with Crippen LogP contribution in [-0.2, 0) is 9.53 Å². The number of esters is 1. The van der Waals surface area contributed by atoms with Crippen LogP contribution in [-0.4, -0.2) is 73.6 Å². The molecule has 7 heteroatoms. The average Bonchev–Trinajstić information content (AvgIpc) is 2.38. The van der Waals surface area contributed by atoms with E-state index in [-0.39, 0.29) is 36.5 Å². The molecule has 1 saturated heterocycles. The summed E-state index contributed by atoms with van der Waals surface area (Å²) in [5.74, 6) is 1.21.